The first-order valence-corrected chi connectivity index (χ1v) is 10.5. The normalized spacial score (nSPS) is 13.5. The van der Waals surface area contributed by atoms with Crippen LogP contribution in [0.25, 0.3) is 0 Å². The quantitative estimate of drug-likeness (QED) is 0.601. The topological polar surface area (TPSA) is 93.7 Å². The van der Waals surface area contributed by atoms with Gasteiger partial charge < -0.3 is 20.1 Å². The third-order valence-corrected chi connectivity index (χ3v) is 5.28. The first kappa shape index (κ1) is 22.3. The Bertz CT molecular complexity index is 904. The zero-order chi connectivity index (χ0) is 22.1. The molecule has 1 saturated carbocycles. The molecule has 1 aliphatic carbocycles. The summed E-state index contributed by atoms with van der Waals surface area (Å²) in [4.78, 5) is 36.8. The van der Waals surface area contributed by atoms with Crippen molar-refractivity contribution in [2.24, 2.45) is 0 Å². The molecule has 7 nitrogen and oxygen atoms in total. The maximum absolute atomic E-state index is 12.5. The average molecular weight is 424 g/mol. The smallest absolute Gasteiger partial charge is 0.340 e. The Morgan fingerprint density at radius 3 is 2.39 bits per heavy atom. The molecule has 0 aromatic heterocycles. The molecule has 0 bridgehead atoms. The van der Waals surface area contributed by atoms with Gasteiger partial charge in [0.2, 0.25) is 5.91 Å². The third kappa shape index (κ3) is 6.84. The number of hydrogen-bond acceptors (Lipinski definition) is 5. The SMILES string of the molecule is COc1ccc(CCC(=O)Nc2ccccc2C(=O)OCC(=O)NC2CCCC2)cc1. The predicted octanol–water partition coefficient (Wildman–Crippen LogP) is 3.48. The van der Waals surface area contributed by atoms with Crippen molar-refractivity contribution in [2.75, 3.05) is 19.0 Å². The Morgan fingerprint density at radius 2 is 1.68 bits per heavy atom. The molecule has 2 aromatic carbocycles. The van der Waals surface area contributed by atoms with Gasteiger partial charge in [-0.2, -0.15) is 0 Å². The van der Waals surface area contributed by atoms with Gasteiger partial charge >= 0.3 is 5.97 Å². The first-order valence-electron chi connectivity index (χ1n) is 10.5. The number of rotatable bonds is 9. The van der Waals surface area contributed by atoms with Gasteiger partial charge in [0.25, 0.3) is 5.91 Å². The third-order valence-electron chi connectivity index (χ3n) is 5.28. The average Bonchev–Trinajstić information content (AvgIpc) is 3.30. The van der Waals surface area contributed by atoms with E-state index < -0.39 is 5.97 Å². The zero-order valence-corrected chi connectivity index (χ0v) is 17.7. The van der Waals surface area contributed by atoms with E-state index in [1.54, 1.807) is 31.4 Å². The summed E-state index contributed by atoms with van der Waals surface area (Å²) in [6, 6.07) is 14.3. The second-order valence-electron chi connectivity index (χ2n) is 7.57. The van der Waals surface area contributed by atoms with Crippen molar-refractivity contribution in [3.8, 4) is 5.75 Å². The highest BCUT2D eigenvalue weighted by Crippen LogP contribution is 2.19. The van der Waals surface area contributed by atoms with Gasteiger partial charge in [-0.3, -0.25) is 9.59 Å². The summed E-state index contributed by atoms with van der Waals surface area (Å²) in [5.74, 6) is -0.401. The lowest BCUT2D eigenvalue weighted by molar-refractivity contribution is -0.125. The van der Waals surface area contributed by atoms with Crippen LogP contribution in [0.3, 0.4) is 0 Å². The Labute approximate surface area is 182 Å². The highest BCUT2D eigenvalue weighted by Gasteiger charge is 2.19. The summed E-state index contributed by atoms with van der Waals surface area (Å²) < 4.78 is 10.3. The van der Waals surface area contributed by atoms with Crippen molar-refractivity contribution in [2.45, 2.75) is 44.6 Å². The van der Waals surface area contributed by atoms with Crippen LogP contribution < -0.4 is 15.4 Å². The molecular formula is C24H28N2O5. The molecule has 0 radical (unpaired) electrons. The molecule has 0 heterocycles. The van der Waals surface area contributed by atoms with Crippen molar-refractivity contribution < 1.29 is 23.9 Å². The molecule has 0 unspecified atom stereocenters. The van der Waals surface area contributed by atoms with Gasteiger partial charge in [-0.1, -0.05) is 37.1 Å². The van der Waals surface area contributed by atoms with Crippen LogP contribution in [-0.2, 0) is 20.7 Å². The molecular weight excluding hydrogens is 396 g/mol. The van der Waals surface area contributed by atoms with E-state index in [1.807, 2.05) is 24.3 Å². The standard InChI is InChI=1S/C24H28N2O5/c1-30-19-13-10-17(11-14-19)12-15-22(27)26-21-9-5-4-8-20(21)24(29)31-16-23(28)25-18-6-2-3-7-18/h4-5,8-11,13-14,18H,2-3,6-7,12,15-16H2,1H3,(H,25,28)(H,26,27). The van der Waals surface area contributed by atoms with Crippen molar-refractivity contribution >= 4 is 23.5 Å². The summed E-state index contributed by atoms with van der Waals surface area (Å²) in [6.45, 7) is -0.338. The lowest BCUT2D eigenvalue weighted by atomic mass is 10.1. The van der Waals surface area contributed by atoms with Gasteiger partial charge in [0.05, 0.1) is 18.4 Å². The number of benzene rings is 2. The maximum Gasteiger partial charge on any atom is 0.340 e. The molecule has 0 saturated heterocycles. The van der Waals surface area contributed by atoms with E-state index in [-0.39, 0.29) is 36.4 Å². The van der Waals surface area contributed by atoms with Gasteiger partial charge in [0, 0.05) is 12.5 Å². The molecule has 2 aromatic rings. The number of esters is 1. The molecule has 3 rings (SSSR count). The molecule has 164 valence electrons. The largest absolute Gasteiger partial charge is 0.497 e. The number of methoxy groups -OCH3 is 1. The van der Waals surface area contributed by atoms with E-state index in [9.17, 15) is 14.4 Å². The van der Waals surface area contributed by atoms with E-state index in [1.165, 1.54) is 0 Å². The van der Waals surface area contributed by atoms with Crippen LogP contribution in [0.4, 0.5) is 5.69 Å². The lowest BCUT2D eigenvalue weighted by Gasteiger charge is -2.13. The fourth-order valence-corrected chi connectivity index (χ4v) is 3.58. The summed E-state index contributed by atoms with van der Waals surface area (Å²) in [7, 11) is 1.60. The van der Waals surface area contributed by atoms with Gasteiger partial charge in [-0.25, -0.2) is 4.79 Å². The van der Waals surface area contributed by atoms with Gasteiger partial charge in [0.15, 0.2) is 6.61 Å². The Balaban J connectivity index is 1.50. The number of aryl methyl sites for hydroxylation is 1. The molecule has 1 fully saturated rings. The number of hydrogen-bond donors (Lipinski definition) is 2. The highest BCUT2D eigenvalue weighted by atomic mass is 16.5. The molecule has 2 amide bonds. The van der Waals surface area contributed by atoms with Gasteiger partial charge in [-0.05, 0) is 49.1 Å². The second kappa shape index (κ2) is 11.2. The van der Waals surface area contributed by atoms with Crippen molar-refractivity contribution in [3.05, 3.63) is 59.7 Å². The monoisotopic (exact) mass is 424 g/mol. The maximum atomic E-state index is 12.5. The summed E-state index contributed by atoms with van der Waals surface area (Å²) >= 11 is 0. The van der Waals surface area contributed by atoms with Crippen LogP contribution in [-0.4, -0.2) is 37.5 Å². The van der Waals surface area contributed by atoms with Crippen molar-refractivity contribution in [1.82, 2.24) is 5.32 Å². The molecule has 7 heteroatoms. The number of carbonyl (C=O) groups is 3. The first-order chi connectivity index (χ1) is 15.0. The van der Waals surface area contributed by atoms with E-state index in [0.29, 0.717) is 12.1 Å². The minimum Gasteiger partial charge on any atom is -0.497 e. The van der Waals surface area contributed by atoms with Crippen LogP contribution in [0, 0.1) is 0 Å². The van der Waals surface area contributed by atoms with Crippen molar-refractivity contribution in [1.29, 1.82) is 0 Å². The van der Waals surface area contributed by atoms with Crippen LogP contribution in [0.2, 0.25) is 0 Å². The summed E-state index contributed by atoms with van der Waals surface area (Å²) in [5.41, 5.74) is 1.59. The summed E-state index contributed by atoms with van der Waals surface area (Å²) in [5, 5.41) is 5.64. The lowest BCUT2D eigenvalue weighted by Crippen LogP contribution is -2.36. The van der Waals surface area contributed by atoms with Crippen molar-refractivity contribution in [3.63, 3.8) is 0 Å². The van der Waals surface area contributed by atoms with Crippen LogP contribution in [0.15, 0.2) is 48.5 Å². The molecule has 0 atom stereocenters. The number of anilines is 1. The minimum absolute atomic E-state index is 0.170. The second-order valence-corrected chi connectivity index (χ2v) is 7.57. The van der Waals surface area contributed by atoms with Crippen LogP contribution >= 0.6 is 0 Å². The van der Waals surface area contributed by atoms with E-state index >= 15 is 0 Å². The number of ether oxygens (including phenoxy) is 2. The Hall–Kier alpha value is -3.35. The molecule has 0 aliphatic heterocycles. The molecule has 2 N–H and O–H groups in total. The number of amides is 2. The zero-order valence-electron chi connectivity index (χ0n) is 17.7. The summed E-state index contributed by atoms with van der Waals surface area (Å²) in [6.07, 6.45) is 4.96. The Kier molecular flexibility index (Phi) is 8.04. The van der Waals surface area contributed by atoms with E-state index in [2.05, 4.69) is 10.6 Å². The Morgan fingerprint density at radius 1 is 0.968 bits per heavy atom. The van der Waals surface area contributed by atoms with Crippen LogP contribution in [0.5, 0.6) is 5.75 Å². The predicted molar refractivity (Wildman–Crippen MR) is 117 cm³/mol. The number of carbonyl (C=O) groups excluding carboxylic acids is 3. The highest BCUT2D eigenvalue weighted by molar-refractivity contribution is 6.01. The van der Waals surface area contributed by atoms with E-state index in [0.717, 1.165) is 37.0 Å². The van der Waals surface area contributed by atoms with E-state index in [4.69, 9.17) is 9.47 Å². The number of para-hydroxylation sites is 1. The fraction of sp³-hybridized carbons (Fsp3) is 0.375. The number of nitrogens with one attached hydrogen (secondary N) is 2. The van der Waals surface area contributed by atoms with Crippen LogP contribution in [0.1, 0.15) is 48.0 Å². The van der Waals surface area contributed by atoms with Gasteiger partial charge in [-0.15, -0.1) is 0 Å². The minimum atomic E-state index is -0.646. The molecule has 0 spiro atoms. The van der Waals surface area contributed by atoms with Gasteiger partial charge in [0.1, 0.15) is 5.75 Å². The fourth-order valence-electron chi connectivity index (χ4n) is 3.58. The molecule has 31 heavy (non-hydrogen) atoms. The molecule has 1 aliphatic rings.